The van der Waals surface area contributed by atoms with E-state index in [-0.39, 0.29) is 5.91 Å². The van der Waals surface area contributed by atoms with E-state index in [0.717, 1.165) is 27.4 Å². The number of carbonyl (C=O) groups is 1. The van der Waals surface area contributed by atoms with Gasteiger partial charge < -0.3 is 10.2 Å². The van der Waals surface area contributed by atoms with Crippen LogP contribution in [0.2, 0.25) is 0 Å². The highest BCUT2D eigenvalue weighted by Gasteiger charge is 2.13. The summed E-state index contributed by atoms with van der Waals surface area (Å²) in [5, 5.41) is 6.90. The third-order valence-electron chi connectivity index (χ3n) is 5.09. The summed E-state index contributed by atoms with van der Waals surface area (Å²) in [5.41, 5.74) is 2.52. The third kappa shape index (κ3) is 5.10. The van der Waals surface area contributed by atoms with Crippen LogP contribution in [0, 0.1) is 0 Å². The van der Waals surface area contributed by atoms with Gasteiger partial charge >= 0.3 is 0 Å². The van der Waals surface area contributed by atoms with Gasteiger partial charge in [-0.2, -0.15) is 0 Å². The van der Waals surface area contributed by atoms with E-state index in [1.54, 1.807) is 22.6 Å². The number of thioether (sulfide) groups is 1. The molecule has 0 aliphatic carbocycles. The molecule has 4 rings (SSSR count). The maximum absolute atomic E-state index is 12.2. The first-order valence-electron chi connectivity index (χ1n) is 9.77. The quantitative estimate of drug-likeness (QED) is 0.462. The predicted octanol–water partition coefficient (Wildman–Crippen LogP) is 2.67. The zero-order valence-electron chi connectivity index (χ0n) is 15.8. The molecular weight excluding hydrogens is 388 g/mol. The van der Waals surface area contributed by atoms with Crippen molar-refractivity contribution in [2.24, 2.45) is 0 Å². The molecule has 7 heteroatoms. The second-order valence-corrected chi connectivity index (χ2v) is 9.05. The van der Waals surface area contributed by atoms with Crippen LogP contribution in [-0.2, 0) is 17.9 Å². The molecule has 2 aromatic heterocycles. The number of nitrogens with zero attached hydrogens (tertiary/aromatic N) is 2. The average molecular weight is 414 g/mol. The Hall–Kier alpha value is -1.96. The van der Waals surface area contributed by atoms with Crippen molar-refractivity contribution in [3.8, 4) is 0 Å². The fourth-order valence-electron chi connectivity index (χ4n) is 3.56. The molecule has 3 aromatic rings. The number of fused-ring (bicyclic) bond motifs is 1. The Kier molecular flexibility index (Phi) is 6.57. The average Bonchev–Trinajstić information content (AvgIpc) is 3.22. The molecule has 0 unspecified atom stereocenters. The number of thiophene rings is 1. The number of amides is 1. The Morgan fingerprint density at radius 2 is 1.86 bits per heavy atom. The summed E-state index contributed by atoms with van der Waals surface area (Å²) in [5.74, 6) is 0.382. The van der Waals surface area contributed by atoms with Gasteiger partial charge in [-0.05, 0) is 36.3 Å². The summed E-state index contributed by atoms with van der Waals surface area (Å²) >= 11 is 3.05. The third-order valence-corrected chi connectivity index (χ3v) is 6.92. The van der Waals surface area contributed by atoms with Crippen molar-refractivity contribution in [3.63, 3.8) is 0 Å². The van der Waals surface area contributed by atoms with Gasteiger partial charge in [0.15, 0.2) is 0 Å². The van der Waals surface area contributed by atoms with E-state index in [9.17, 15) is 4.79 Å². The number of piperidine rings is 1. The molecule has 0 atom stereocenters. The van der Waals surface area contributed by atoms with Gasteiger partial charge in [0.25, 0.3) is 0 Å². The molecule has 1 aromatic carbocycles. The van der Waals surface area contributed by atoms with E-state index >= 15 is 0 Å². The molecule has 28 heavy (non-hydrogen) atoms. The van der Waals surface area contributed by atoms with Crippen molar-refractivity contribution >= 4 is 39.2 Å². The van der Waals surface area contributed by atoms with Gasteiger partial charge in [-0.15, -0.1) is 11.3 Å². The first kappa shape index (κ1) is 19.4. The smallest absolute Gasteiger partial charge is 0.230 e. The number of rotatable bonds is 7. The van der Waals surface area contributed by atoms with Gasteiger partial charge in [-0.3, -0.25) is 4.79 Å². The topological polar surface area (TPSA) is 59.3 Å². The molecule has 1 aliphatic heterocycles. The fraction of sp³-hybridized carbons (Fsp3) is 0.381. The van der Waals surface area contributed by atoms with Gasteiger partial charge in [0, 0.05) is 17.5 Å². The van der Waals surface area contributed by atoms with Crippen LogP contribution in [0.3, 0.4) is 0 Å². The van der Waals surface area contributed by atoms with Crippen LogP contribution >= 0.6 is 23.1 Å². The van der Waals surface area contributed by atoms with E-state index in [1.807, 2.05) is 11.4 Å². The van der Waals surface area contributed by atoms with Crippen LogP contribution in [-0.4, -0.2) is 34.7 Å². The number of nitrogens with one attached hydrogen (secondary N) is 2. The van der Waals surface area contributed by atoms with Crippen LogP contribution in [0.15, 0.2) is 47.1 Å². The minimum atomic E-state index is 0.0221. The number of hydrogen-bond acceptors (Lipinski definition) is 5. The van der Waals surface area contributed by atoms with Crippen molar-refractivity contribution in [3.05, 3.63) is 53.2 Å². The molecule has 0 saturated carbocycles. The summed E-state index contributed by atoms with van der Waals surface area (Å²) in [7, 11) is 0. The number of aromatic nitrogens is 2. The van der Waals surface area contributed by atoms with Gasteiger partial charge in [-0.25, -0.2) is 9.97 Å². The van der Waals surface area contributed by atoms with E-state index in [0.29, 0.717) is 12.3 Å². The van der Waals surface area contributed by atoms with Crippen molar-refractivity contribution in [2.75, 3.05) is 18.8 Å². The number of quaternary nitrogens is 1. The van der Waals surface area contributed by atoms with Gasteiger partial charge in [0.1, 0.15) is 22.7 Å². The van der Waals surface area contributed by atoms with Crippen LogP contribution in [0.4, 0.5) is 0 Å². The number of carbonyl (C=O) groups excluding carboxylic acids is 1. The Morgan fingerprint density at radius 1 is 1.07 bits per heavy atom. The summed E-state index contributed by atoms with van der Waals surface area (Å²) in [4.78, 5) is 23.4. The van der Waals surface area contributed by atoms with Gasteiger partial charge in [0.05, 0.1) is 18.8 Å². The molecule has 3 heterocycles. The first-order valence-corrected chi connectivity index (χ1v) is 11.6. The SMILES string of the molecule is O=C(CSc1ncnc2sccc12)NCc1ccc(C[NH+]2CCCCC2)cc1. The van der Waals surface area contributed by atoms with Crippen LogP contribution in [0.1, 0.15) is 30.4 Å². The second kappa shape index (κ2) is 9.49. The van der Waals surface area contributed by atoms with E-state index < -0.39 is 0 Å². The molecule has 0 spiro atoms. The molecule has 0 radical (unpaired) electrons. The Labute approximate surface area is 173 Å². The monoisotopic (exact) mass is 413 g/mol. The van der Waals surface area contributed by atoms with Crippen molar-refractivity contribution in [1.82, 2.24) is 15.3 Å². The van der Waals surface area contributed by atoms with E-state index in [2.05, 4.69) is 39.6 Å². The van der Waals surface area contributed by atoms with E-state index in [1.165, 1.54) is 49.7 Å². The predicted molar refractivity (Wildman–Crippen MR) is 115 cm³/mol. The molecule has 2 N–H and O–H groups in total. The van der Waals surface area contributed by atoms with Crippen molar-refractivity contribution < 1.29 is 9.69 Å². The zero-order chi connectivity index (χ0) is 19.2. The van der Waals surface area contributed by atoms with Crippen LogP contribution < -0.4 is 10.2 Å². The normalized spacial score (nSPS) is 15.0. The van der Waals surface area contributed by atoms with E-state index in [4.69, 9.17) is 0 Å². The molecule has 1 fully saturated rings. The van der Waals surface area contributed by atoms with Crippen LogP contribution in [0.5, 0.6) is 0 Å². The lowest BCUT2D eigenvalue weighted by Crippen LogP contribution is -3.11. The molecular formula is C21H25N4OS2+. The maximum atomic E-state index is 12.2. The number of benzene rings is 1. The molecule has 1 amide bonds. The molecule has 1 saturated heterocycles. The van der Waals surface area contributed by atoms with Gasteiger partial charge in [0.2, 0.25) is 5.91 Å². The Morgan fingerprint density at radius 3 is 2.68 bits per heavy atom. The zero-order valence-corrected chi connectivity index (χ0v) is 17.5. The standard InChI is InChI=1S/C21H24N4OS2/c26-19(14-28-21-18-8-11-27-20(18)23-15-24-21)22-12-16-4-6-17(7-5-16)13-25-9-2-1-3-10-25/h4-8,11,15H,1-3,9-10,12-14H2,(H,22,26)/p+1. The minimum absolute atomic E-state index is 0.0221. The first-order chi connectivity index (χ1) is 13.8. The van der Waals surface area contributed by atoms with Crippen LogP contribution in [0.25, 0.3) is 10.2 Å². The van der Waals surface area contributed by atoms with Crippen molar-refractivity contribution in [2.45, 2.75) is 37.4 Å². The molecule has 0 bridgehead atoms. The lowest BCUT2D eigenvalue weighted by molar-refractivity contribution is -0.918. The second-order valence-electron chi connectivity index (χ2n) is 7.19. The maximum Gasteiger partial charge on any atom is 0.230 e. The summed E-state index contributed by atoms with van der Waals surface area (Å²) < 4.78 is 0. The Bertz CT molecular complexity index is 920. The summed E-state index contributed by atoms with van der Waals surface area (Å²) in [6.45, 7) is 4.26. The molecule has 5 nitrogen and oxygen atoms in total. The molecule has 1 aliphatic rings. The highest BCUT2D eigenvalue weighted by Crippen LogP contribution is 2.27. The highest BCUT2D eigenvalue weighted by atomic mass is 32.2. The lowest BCUT2D eigenvalue weighted by atomic mass is 10.1. The molecule has 146 valence electrons. The largest absolute Gasteiger partial charge is 0.351 e. The van der Waals surface area contributed by atoms with Gasteiger partial charge in [-0.1, -0.05) is 36.0 Å². The summed E-state index contributed by atoms with van der Waals surface area (Å²) in [6, 6.07) is 10.7. The fourth-order valence-corrected chi connectivity index (χ4v) is 5.17. The van der Waals surface area contributed by atoms with Crippen molar-refractivity contribution in [1.29, 1.82) is 0 Å². The number of hydrogen-bond donors (Lipinski definition) is 2. The minimum Gasteiger partial charge on any atom is -0.351 e. The Balaban J connectivity index is 1.23. The number of likely N-dealkylation sites (tertiary alicyclic amines) is 1. The summed E-state index contributed by atoms with van der Waals surface area (Å²) in [6.07, 6.45) is 5.65. The lowest BCUT2D eigenvalue weighted by Gasteiger charge is -2.23. The highest BCUT2D eigenvalue weighted by molar-refractivity contribution is 8.00.